The first-order valence-corrected chi connectivity index (χ1v) is 9.78. The van der Waals surface area contributed by atoms with Gasteiger partial charge in [-0.15, -0.1) is 0 Å². The van der Waals surface area contributed by atoms with Crippen molar-refractivity contribution in [2.45, 2.75) is 38.7 Å². The van der Waals surface area contributed by atoms with Gasteiger partial charge in [0.1, 0.15) is 5.60 Å². The molecule has 1 saturated carbocycles. The van der Waals surface area contributed by atoms with Gasteiger partial charge in [-0.3, -0.25) is 9.78 Å². The van der Waals surface area contributed by atoms with E-state index in [0.717, 1.165) is 28.4 Å². The van der Waals surface area contributed by atoms with Crippen LogP contribution in [0.1, 0.15) is 49.0 Å². The van der Waals surface area contributed by atoms with E-state index in [4.69, 9.17) is 4.74 Å². The number of fused-ring (bicyclic) bond motifs is 1. The first-order chi connectivity index (χ1) is 13.8. The fourth-order valence-corrected chi connectivity index (χ4v) is 3.45. The molecule has 0 spiro atoms. The Balaban J connectivity index is 1.38. The number of benzene rings is 2. The Labute approximate surface area is 170 Å². The average Bonchev–Trinajstić information content (AvgIpc) is 3.48. The minimum absolute atomic E-state index is 0.0274. The van der Waals surface area contributed by atoms with Crippen molar-refractivity contribution < 1.29 is 14.3 Å². The largest absolute Gasteiger partial charge is 0.456 e. The highest BCUT2D eigenvalue weighted by Crippen LogP contribution is 2.48. The smallest absolute Gasteiger partial charge is 0.338 e. The van der Waals surface area contributed by atoms with E-state index in [9.17, 15) is 9.59 Å². The van der Waals surface area contributed by atoms with E-state index in [0.29, 0.717) is 5.56 Å². The molecule has 2 atom stereocenters. The van der Waals surface area contributed by atoms with Gasteiger partial charge in [-0.25, -0.2) is 4.79 Å². The molecule has 0 radical (unpaired) electrons. The Morgan fingerprint density at radius 2 is 1.79 bits per heavy atom. The van der Waals surface area contributed by atoms with E-state index in [1.807, 2.05) is 57.2 Å². The summed E-state index contributed by atoms with van der Waals surface area (Å²) < 4.78 is 5.39. The Morgan fingerprint density at radius 1 is 1.03 bits per heavy atom. The van der Waals surface area contributed by atoms with Crippen molar-refractivity contribution in [3.63, 3.8) is 0 Å². The first kappa shape index (κ1) is 19.1. The van der Waals surface area contributed by atoms with Crippen LogP contribution in [0.5, 0.6) is 0 Å². The third kappa shape index (κ3) is 4.45. The van der Waals surface area contributed by atoms with E-state index < -0.39 is 5.60 Å². The van der Waals surface area contributed by atoms with Gasteiger partial charge in [0, 0.05) is 29.4 Å². The summed E-state index contributed by atoms with van der Waals surface area (Å²) in [5, 5.41) is 5.10. The zero-order valence-corrected chi connectivity index (χ0v) is 16.8. The maximum absolute atomic E-state index is 12.6. The van der Waals surface area contributed by atoms with Gasteiger partial charge in [-0.2, -0.15) is 0 Å². The number of aromatic nitrogens is 1. The predicted molar refractivity (Wildman–Crippen MR) is 113 cm³/mol. The minimum atomic E-state index is -0.519. The highest BCUT2D eigenvalue weighted by atomic mass is 16.6. The van der Waals surface area contributed by atoms with Crippen molar-refractivity contribution in [3.8, 4) is 0 Å². The van der Waals surface area contributed by atoms with Crippen LogP contribution < -0.4 is 5.32 Å². The third-order valence-electron chi connectivity index (χ3n) is 5.01. The van der Waals surface area contributed by atoms with Crippen LogP contribution in [0.15, 0.2) is 60.9 Å². The Kier molecular flexibility index (Phi) is 4.82. The minimum Gasteiger partial charge on any atom is -0.456 e. The molecule has 0 bridgehead atoms. The van der Waals surface area contributed by atoms with E-state index in [-0.39, 0.29) is 23.7 Å². The van der Waals surface area contributed by atoms with Crippen LogP contribution in [-0.4, -0.2) is 22.5 Å². The molecule has 1 N–H and O–H groups in total. The molecule has 1 aliphatic rings. The van der Waals surface area contributed by atoms with E-state index in [1.165, 1.54) is 0 Å². The molecular formula is C24H24N2O3. The number of carbonyl (C=O) groups is 2. The van der Waals surface area contributed by atoms with Crippen molar-refractivity contribution in [1.82, 2.24) is 4.98 Å². The molecule has 29 heavy (non-hydrogen) atoms. The molecule has 2 aromatic carbocycles. The number of rotatable bonds is 4. The molecule has 1 aliphatic carbocycles. The molecule has 5 heteroatoms. The number of nitrogens with one attached hydrogen (secondary N) is 1. The SMILES string of the molecule is CC(C)(C)OC(=O)c1ccc(C2CC2C(=O)Nc2ccc3cnccc3c2)cc1. The lowest BCUT2D eigenvalue weighted by Gasteiger charge is -2.19. The van der Waals surface area contributed by atoms with Crippen LogP contribution in [0, 0.1) is 5.92 Å². The summed E-state index contributed by atoms with van der Waals surface area (Å²) in [5.74, 6) is -0.164. The zero-order valence-electron chi connectivity index (χ0n) is 16.8. The maximum atomic E-state index is 12.6. The summed E-state index contributed by atoms with van der Waals surface area (Å²) in [6.07, 6.45) is 4.36. The van der Waals surface area contributed by atoms with Crippen molar-refractivity contribution in [2.75, 3.05) is 5.32 Å². The number of hydrogen-bond donors (Lipinski definition) is 1. The first-order valence-electron chi connectivity index (χ1n) is 9.78. The fraction of sp³-hybridized carbons (Fsp3) is 0.292. The summed E-state index contributed by atoms with van der Waals surface area (Å²) in [4.78, 5) is 28.9. The van der Waals surface area contributed by atoms with E-state index in [2.05, 4.69) is 10.3 Å². The summed E-state index contributed by atoms with van der Waals surface area (Å²) in [6.45, 7) is 5.54. The summed E-state index contributed by atoms with van der Waals surface area (Å²) in [5.41, 5.74) is 1.87. The lowest BCUT2D eigenvalue weighted by Crippen LogP contribution is -2.23. The molecular weight excluding hydrogens is 364 g/mol. The zero-order chi connectivity index (χ0) is 20.6. The summed E-state index contributed by atoms with van der Waals surface area (Å²) in [6, 6.07) is 15.1. The summed E-state index contributed by atoms with van der Waals surface area (Å²) in [7, 11) is 0. The van der Waals surface area contributed by atoms with Crippen LogP contribution >= 0.6 is 0 Å². The van der Waals surface area contributed by atoms with Gasteiger partial charge in [0.05, 0.1) is 5.56 Å². The molecule has 5 nitrogen and oxygen atoms in total. The van der Waals surface area contributed by atoms with Crippen molar-refractivity contribution in [1.29, 1.82) is 0 Å². The topological polar surface area (TPSA) is 68.3 Å². The Bertz CT molecular complexity index is 1070. The molecule has 1 amide bonds. The number of hydrogen-bond acceptors (Lipinski definition) is 4. The van der Waals surface area contributed by atoms with Gasteiger partial charge >= 0.3 is 5.97 Å². The van der Waals surface area contributed by atoms with Gasteiger partial charge in [0.25, 0.3) is 0 Å². The van der Waals surface area contributed by atoms with Gasteiger partial charge in [0.15, 0.2) is 0 Å². The molecule has 2 unspecified atom stereocenters. The second kappa shape index (κ2) is 7.32. The second-order valence-electron chi connectivity index (χ2n) is 8.50. The van der Waals surface area contributed by atoms with Crippen molar-refractivity contribution >= 4 is 28.3 Å². The highest BCUT2D eigenvalue weighted by Gasteiger charge is 2.44. The number of pyridine rings is 1. The van der Waals surface area contributed by atoms with Crippen LogP contribution in [0.3, 0.4) is 0 Å². The lowest BCUT2D eigenvalue weighted by atomic mass is 10.1. The lowest BCUT2D eigenvalue weighted by molar-refractivity contribution is -0.117. The number of nitrogens with zero attached hydrogens (tertiary/aromatic N) is 1. The standard InChI is InChI=1S/C24H24N2O3/c1-24(2,3)29-23(28)16-6-4-15(5-7-16)20-13-21(20)22(27)26-19-9-8-18-14-25-11-10-17(18)12-19/h4-12,14,20-21H,13H2,1-3H3,(H,26,27). The van der Waals surface area contributed by atoms with E-state index >= 15 is 0 Å². The number of carbonyl (C=O) groups excluding carboxylic acids is 2. The van der Waals surface area contributed by atoms with Crippen LogP contribution in [0.25, 0.3) is 10.8 Å². The van der Waals surface area contributed by atoms with Crippen LogP contribution in [-0.2, 0) is 9.53 Å². The fourth-order valence-electron chi connectivity index (χ4n) is 3.45. The molecule has 4 rings (SSSR count). The Hall–Kier alpha value is -3.21. The molecule has 1 fully saturated rings. The molecule has 0 aliphatic heterocycles. The van der Waals surface area contributed by atoms with Crippen LogP contribution in [0.4, 0.5) is 5.69 Å². The number of esters is 1. The Morgan fingerprint density at radius 3 is 2.52 bits per heavy atom. The third-order valence-corrected chi connectivity index (χ3v) is 5.01. The van der Waals surface area contributed by atoms with Gasteiger partial charge in [0.2, 0.25) is 5.91 Å². The molecule has 148 valence electrons. The normalized spacial score (nSPS) is 18.3. The molecule has 0 saturated heterocycles. The van der Waals surface area contributed by atoms with Crippen molar-refractivity contribution in [3.05, 3.63) is 72.1 Å². The van der Waals surface area contributed by atoms with Crippen molar-refractivity contribution in [2.24, 2.45) is 5.92 Å². The molecule has 1 heterocycles. The maximum Gasteiger partial charge on any atom is 0.338 e. The van der Waals surface area contributed by atoms with Crippen LogP contribution in [0.2, 0.25) is 0 Å². The number of anilines is 1. The monoisotopic (exact) mass is 388 g/mol. The number of amides is 1. The molecule has 3 aromatic rings. The highest BCUT2D eigenvalue weighted by molar-refractivity contribution is 5.97. The van der Waals surface area contributed by atoms with Gasteiger partial charge in [-0.05, 0) is 74.4 Å². The average molecular weight is 388 g/mol. The second-order valence-corrected chi connectivity index (χ2v) is 8.50. The quantitative estimate of drug-likeness (QED) is 0.643. The predicted octanol–water partition coefficient (Wildman–Crippen LogP) is 4.93. The van der Waals surface area contributed by atoms with Gasteiger partial charge < -0.3 is 10.1 Å². The van der Waals surface area contributed by atoms with E-state index in [1.54, 1.807) is 24.5 Å². The number of ether oxygens (including phenoxy) is 1. The van der Waals surface area contributed by atoms with Gasteiger partial charge in [-0.1, -0.05) is 18.2 Å². The molecule has 1 aromatic heterocycles. The summed E-state index contributed by atoms with van der Waals surface area (Å²) >= 11 is 0.